The maximum Gasteiger partial charge on any atom is 0.446 e. The molecule has 0 saturated carbocycles. The minimum absolute atomic E-state index is 0.0648. The number of alkyl halides is 3. The summed E-state index contributed by atoms with van der Waals surface area (Å²) in [6.07, 6.45) is 1.34. The first-order chi connectivity index (χ1) is 5.49. The number of pyridine rings is 1. The number of nitrogens with zero attached hydrogens (tertiary/aromatic N) is 1. The van der Waals surface area contributed by atoms with Crippen molar-refractivity contribution in [2.24, 2.45) is 0 Å². The van der Waals surface area contributed by atoms with Gasteiger partial charge in [0.05, 0.1) is 4.90 Å². The second kappa shape index (κ2) is 3.22. The molecule has 6 heteroatoms. The Labute approximate surface area is 71.0 Å². The standard InChI is InChI=1S/C6H5F3N2S/c7-6(8,9)12-4-2-1-3-11-5(4)10/h1-3H,(H2,10,11). The lowest BCUT2D eigenvalue weighted by atomic mass is 10.5. The molecule has 0 unspecified atom stereocenters. The molecule has 1 aromatic rings. The fraction of sp³-hybridized carbons (Fsp3) is 0.167. The highest BCUT2D eigenvalue weighted by atomic mass is 32.2. The molecule has 0 radical (unpaired) electrons. The van der Waals surface area contributed by atoms with Crippen molar-refractivity contribution in [2.75, 3.05) is 5.73 Å². The van der Waals surface area contributed by atoms with E-state index in [1.165, 1.54) is 18.3 Å². The predicted octanol–water partition coefficient (Wildman–Crippen LogP) is 2.28. The number of halogens is 3. The first-order valence-corrected chi connectivity index (χ1v) is 3.77. The number of nitrogen functional groups attached to an aromatic ring is 1. The Balaban J connectivity index is 2.83. The summed E-state index contributed by atoms with van der Waals surface area (Å²) in [5.74, 6) is -0.0974. The van der Waals surface area contributed by atoms with E-state index in [4.69, 9.17) is 5.73 Å². The average molecular weight is 194 g/mol. The van der Waals surface area contributed by atoms with E-state index in [1.807, 2.05) is 0 Å². The second-order valence-corrected chi connectivity index (χ2v) is 3.04. The summed E-state index contributed by atoms with van der Waals surface area (Å²) in [5.41, 5.74) is 0.887. The van der Waals surface area contributed by atoms with Gasteiger partial charge in [0, 0.05) is 6.20 Å². The summed E-state index contributed by atoms with van der Waals surface area (Å²) >= 11 is -0.260. The minimum atomic E-state index is -4.31. The van der Waals surface area contributed by atoms with Crippen molar-refractivity contribution in [1.29, 1.82) is 0 Å². The number of aromatic nitrogens is 1. The molecule has 1 heterocycles. The van der Waals surface area contributed by atoms with E-state index in [-0.39, 0.29) is 22.5 Å². The van der Waals surface area contributed by atoms with E-state index < -0.39 is 5.51 Å². The van der Waals surface area contributed by atoms with Crippen molar-refractivity contribution in [3.8, 4) is 0 Å². The topological polar surface area (TPSA) is 38.9 Å². The molecule has 0 aliphatic heterocycles. The first-order valence-electron chi connectivity index (χ1n) is 2.95. The molecular weight excluding hydrogens is 189 g/mol. The molecule has 12 heavy (non-hydrogen) atoms. The van der Waals surface area contributed by atoms with E-state index in [2.05, 4.69) is 4.98 Å². The van der Waals surface area contributed by atoms with Crippen molar-refractivity contribution in [1.82, 2.24) is 4.98 Å². The second-order valence-electron chi connectivity index (χ2n) is 1.93. The van der Waals surface area contributed by atoms with Crippen LogP contribution in [0.25, 0.3) is 0 Å². The van der Waals surface area contributed by atoms with Crippen LogP contribution in [0.3, 0.4) is 0 Å². The summed E-state index contributed by atoms with van der Waals surface area (Å²) in [6, 6.07) is 2.69. The van der Waals surface area contributed by atoms with E-state index in [1.54, 1.807) is 0 Å². The van der Waals surface area contributed by atoms with E-state index in [0.717, 1.165) is 0 Å². The Morgan fingerprint density at radius 3 is 2.58 bits per heavy atom. The van der Waals surface area contributed by atoms with Crippen LogP contribution < -0.4 is 5.73 Å². The first kappa shape index (κ1) is 9.18. The van der Waals surface area contributed by atoms with Gasteiger partial charge in [-0.25, -0.2) is 4.98 Å². The molecule has 2 N–H and O–H groups in total. The molecule has 0 spiro atoms. The van der Waals surface area contributed by atoms with Crippen LogP contribution in [-0.4, -0.2) is 10.5 Å². The van der Waals surface area contributed by atoms with Gasteiger partial charge in [0.15, 0.2) is 0 Å². The Bertz CT molecular complexity index is 274. The van der Waals surface area contributed by atoms with Gasteiger partial charge < -0.3 is 5.73 Å². The monoisotopic (exact) mass is 194 g/mol. The third-order valence-electron chi connectivity index (χ3n) is 1.03. The fourth-order valence-corrected chi connectivity index (χ4v) is 1.17. The zero-order chi connectivity index (χ0) is 9.19. The summed E-state index contributed by atoms with van der Waals surface area (Å²) in [4.78, 5) is 3.46. The largest absolute Gasteiger partial charge is 0.446 e. The molecule has 0 amide bonds. The number of hydrogen-bond donors (Lipinski definition) is 1. The van der Waals surface area contributed by atoms with Crippen molar-refractivity contribution < 1.29 is 13.2 Å². The van der Waals surface area contributed by atoms with Gasteiger partial charge in [0.1, 0.15) is 5.82 Å². The van der Waals surface area contributed by atoms with Gasteiger partial charge in [-0.15, -0.1) is 0 Å². The predicted molar refractivity (Wildman–Crippen MR) is 40.6 cm³/mol. The van der Waals surface area contributed by atoms with Gasteiger partial charge >= 0.3 is 5.51 Å². The molecule has 0 fully saturated rings. The SMILES string of the molecule is Nc1ncccc1SC(F)(F)F. The Morgan fingerprint density at radius 1 is 1.42 bits per heavy atom. The lowest BCUT2D eigenvalue weighted by Crippen LogP contribution is -2.01. The average Bonchev–Trinajstić information content (AvgIpc) is 1.91. The molecule has 0 aliphatic rings. The quantitative estimate of drug-likeness (QED) is 0.697. The Morgan fingerprint density at radius 2 is 2.08 bits per heavy atom. The zero-order valence-electron chi connectivity index (χ0n) is 5.80. The van der Waals surface area contributed by atoms with Crippen LogP contribution in [0, 0.1) is 0 Å². The molecular formula is C6H5F3N2S. The van der Waals surface area contributed by atoms with Crippen LogP contribution in [0.2, 0.25) is 0 Å². The maximum absolute atomic E-state index is 11.8. The van der Waals surface area contributed by atoms with Gasteiger partial charge in [-0.2, -0.15) is 13.2 Å². The van der Waals surface area contributed by atoms with Gasteiger partial charge in [0.2, 0.25) is 0 Å². The third-order valence-corrected chi connectivity index (χ3v) is 1.82. The van der Waals surface area contributed by atoms with E-state index >= 15 is 0 Å². The van der Waals surface area contributed by atoms with E-state index in [0.29, 0.717) is 0 Å². The molecule has 1 aromatic heterocycles. The van der Waals surface area contributed by atoms with E-state index in [9.17, 15) is 13.2 Å². The highest BCUT2D eigenvalue weighted by Crippen LogP contribution is 2.38. The number of hydrogen-bond acceptors (Lipinski definition) is 3. The van der Waals surface area contributed by atoms with Crippen molar-refractivity contribution in [2.45, 2.75) is 10.4 Å². The lowest BCUT2D eigenvalue weighted by molar-refractivity contribution is -0.0328. The van der Waals surface area contributed by atoms with Gasteiger partial charge in [0.25, 0.3) is 0 Å². The molecule has 0 saturated heterocycles. The summed E-state index contributed by atoms with van der Waals surface area (Å²) in [5, 5.41) is 0. The van der Waals surface area contributed by atoms with Gasteiger partial charge in [-0.05, 0) is 23.9 Å². The van der Waals surface area contributed by atoms with Crippen molar-refractivity contribution >= 4 is 17.6 Å². The zero-order valence-corrected chi connectivity index (χ0v) is 6.62. The molecule has 66 valence electrons. The normalized spacial score (nSPS) is 11.6. The Kier molecular flexibility index (Phi) is 2.46. The summed E-state index contributed by atoms with van der Waals surface area (Å²) in [7, 11) is 0. The number of anilines is 1. The number of nitrogens with two attached hydrogens (primary N) is 1. The number of rotatable bonds is 1. The lowest BCUT2D eigenvalue weighted by Gasteiger charge is -2.06. The van der Waals surface area contributed by atoms with Crippen LogP contribution in [0.5, 0.6) is 0 Å². The maximum atomic E-state index is 11.8. The molecule has 0 atom stereocenters. The van der Waals surface area contributed by atoms with Gasteiger partial charge in [-0.1, -0.05) is 0 Å². The minimum Gasteiger partial charge on any atom is -0.383 e. The molecule has 0 aromatic carbocycles. The highest BCUT2D eigenvalue weighted by Gasteiger charge is 2.30. The molecule has 2 nitrogen and oxygen atoms in total. The molecule has 0 bridgehead atoms. The van der Waals surface area contributed by atoms with Crippen LogP contribution in [0.15, 0.2) is 23.2 Å². The summed E-state index contributed by atoms with van der Waals surface area (Å²) < 4.78 is 35.4. The third kappa shape index (κ3) is 2.61. The van der Waals surface area contributed by atoms with Crippen LogP contribution in [0.4, 0.5) is 19.0 Å². The van der Waals surface area contributed by atoms with Crippen LogP contribution in [-0.2, 0) is 0 Å². The molecule has 0 aliphatic carbocycles. The highest BCUT2D eigenvalue weighted by molar-refractivity contribution is 8.00. The summed E-state index contributed by atoms with van der Waals surface area (Å²) in [6.45, 7) is 0. The number of thioether (sulfide) groups is 1. The molecule has 1 rings (SSSR count). The van der Waals surface area contributed by atoms with Crippen LogP contribution >= 0.6 is 11.8 Å². The fourth-order valence-electron chi connectivity index (χ4n) is 0.614. The van der Waals surface area contributed by atoms with Crippen molar-refractivity contribution in [3.63, 3.8) is 0 Å². The van der Waals surface area contributed by atoms with Crippen LogP contribution in [0.1, 0.15) is 0 Å². The van der Waals surface area contributed by atoms with Crippen molar-refractivity contribution in [3.05, 3.63) is 18.3 Å². The smallest absolute Gasteiger partial charge is 0.383 e. The van der Waals surface area contributed by atoms with Gasteiger partial charge in [-0.3, -0.25) is 0 Å². The Hall–Kier alpha value is -0.910.